The van der Waals surface area contributed by atoms with Crippen LogP contribution in [0.5, 0.6) is 0 Å². The van der Waals surface area contributed by atoms with Crippen molar-refractivity contribution < 1.29 is 8.42 Å². The van der Waals surface area contributed by atoms with Gasteiger partial charge in [-0.15, -0.1) is 0 Å². The minimum atomic E-state index is -3.34. The zero-order chi connectivity index (χ0) is 15.0. The maximum Gasteiger partial charge on any atom is 0.243 e. The van der Waals surface area contributed by atoms with Crippen molar-refractivity contribution in [3.63, 3.8) is 0 Å². The summed E-state index contributed by atoms with van der Waals surface area (Å²) in [7, 11) is -1.22. The maximum atomic E-state index is 13.0. The van der Waals surface area contributed by atoms with E-state index < -0.39 is 10.0 Å². The van der Waals surface area contributed by atoms with Gasteiger partial charge in [0.05, 0.1) is 4.90 Å². The van der Waals surface area contributed by atoms with E-state index in [0.717, 1.165) is 31.5 Å². The summed E-state index contributed by atoms with van der Waals surface area (Å²) in [6.45, 7) is 5.48. The number of rotatable bonds is 3. The van der Waals surface area contributed by atoms with Crippen molar-refractivity contribution in [3.05, 3.63) is 29.8 Å². The maximum absolute atomic E-state index is 13.0. The Morgan fingerprint density at radius 2 is 1.86 bits per heavy atom. The van der Waals surface area contributed by atoms with Crippen LogP contribution in [0.3, 0.4) is 0 Å². The Balaban J connectivity index is 1.86. The lowest BCUT2D eigenvalue weighted by atomic mass is 9.89. The highest BCUT2D eigenvalue weighted by Crippen LogP contribution is 2.34. The molecule has 5 heteroatoms. The molecule has 2 saturated heterocycles. The number of benzene rings is 1. The summed E-state index contributed by atoms with van der Waals surface area (Å²) in [4.78, 5) is 2.82. The van der Waals surface area contributed by atoms with Gasteiger partial charge in [0.25, 0.3) is 0 Å². The first kappa shape index (κ1) is 15.0. The van der Waals surface area contributed by atoms with Crippen molar-refractivity contribution in [1.82, 2.24) is 9.21 Å². The first-order valence-electron chi connectivity index (χ1n) is 7.79. The molecule has 0 spiro atoms. The van der Waals surface area contributed by atoms with Crippen LogP contribution in [0.1, 0.15) is 18.9 Å². The van der Waals surface area contributed by atoms with Gasteiger partial charge < -0.3 is 4.90 Å². The van der Waals surface area contributed by atoms with Gasteiger partial charge in [0.2, 0.25) is 10.0 Å². The first-order valence-corrected chi connectivity index (χ1v) is 9.23. The Kier molecular flexibility index (Phi) is 4.08. The zero-order valence-corrected chi connectivity index (χ0v) is 13.6. The molecule has 1 aromatic rings. The van der Waals surface area contributed by atoms with Gasteiger partial charge in [-0.1, -0.05) is 25.1 Å². The van der Waals surface area contributed by atoms with Crippen LogP contribution in [0.2, 0.25) is 0 Å². The molecular formula is C16H24N2O2S. The molecule has 0 bridgehead atoms. The van der Waals surface area contributed by atoms with Crippen LogP contribution in [-0.2, 0) is 16.4 Å². The summed E-state index contributed by atoms with van der Waals surface area (Å²) in [6.07, 6.45) is 1.86. The first-order chi connectivity index (χ1) is 10.0. The largest absolute Gasteiger partial charge is 0.306 e. The summed E-state index contributed by atoms with van der Waals surface area (Å²) in [6, 6.07) is 7.41. The topological polar surface area (TPSA) is 40.6 Å². The summed E-state index contributed by atoms with van der Waals surface area (Å²) in [5, 5.41) is 0. The number of piperidine rings is 1. The molecule has 116 valence electrons. The predicted molar refractivity (Wildman–Crippen MR) is 83.7 cm³/mol. The number of hydrogen-bond acceptors (Lipinski definition) is 3. The predicted octanol–water partition coefficient (Wildman–Crippen LogP) is 1.82. The number of hydrogen-bond donors (Lipinski definition) is 0. The Morgan fingerprint density at radius 1 is 1.14 bits per heavy atom. The average molecular weight is 308 g/mol. The molecule has 0 aliphatic carbocycles. The molecule has 21 heavy (non-hydrogen) atoms. The molecule has 0 radical (unpaired) electrons. The number of fused-ring (bicyclic) bond motifs is 1. The fourth-order valence-electron chi connectivity index (χ4n) is 3.69. The van der Waals surface area contributed by atoms with Crippen molar-refractivity contribution in [2.24, 2.45) is 11.8 Å². The second kappa shape index (κ2) is 5.71. The van der Waals surface area contributed by atoms with E-state index in [1.54, 1.807) is 10.4 Å². The van der Waals surface area contributed by atoms with E-state index in [4.69, 9.17) is 0 Å². The van der Waals surface area contributed by atoms with Crippen LogP contribution in [-0.4, -0.2) is 50.8 Å². The Morgan fingerprint density at radius 3 is 2.62 bits per heavy atom. The van der Waals surface area contributed by atoms with Crippen molar-refractivity contribution in [2.45, 2.75) is 24.7 Å². The highest BCUT2D eigenvalue weighted by atomic mass is 32.2. The molecule has 0 aromatic heterocycles. The number of nitrogens with zero attached hydrogens (tertiary/aromatic N) is 2. The normalized spacial score (nSPS) is 27.7. The molecule has 0 unspecified atom stereocenters. The van der Waals surface area contributed by atoms with Gasteiger partial charge in [0.1, 0.15) is 0 Å². The molecule has 2 heterocycles. The van der Waals surface area contributed by atoms with Crippen LogP contribution in [0.4, 0.5) is 0 Å². The Labute approximate surface area is 127 Å². The van der Waals surface area contributed by atoms with Gasteiger partial charge in [-0.2, -0.15) is 4.31 Å². The highest BCUT2D eigenvalue weighted by molar-refractivity contribution is 7.89. The quantitative estimate of drug-likeness (QED) is 0.855. The van der Waals surface area contributed by atoms with Crippen LogP contribution in [0.25, 0.3) is 0 Å². The molecular weight excluding hydrogens is 284 g/mol. The molecule has 2 fully saturated rings. The number of likely N-dealkylation sites (tertiary alicyclic amines) is 1. The SMILES string of the molecule is CCc1ccccc1S(=O)(=O)N1C[C@H]2CN(C)CC[C@H]2C1. The van der Waals surface area contributed by atoms with Gasteiger partial charge in [0.15, 0.2) is 0 Å². The van der Waals surface area contributed by atoms with Gasteiger partial charge in [-0.3, -0.25) is 0 Å². The van der Waals surface area contributed by atoms with Gasteiger partial charge in [-0.05, 0) is 49.9 Å². The van der Waals surface area contributed by atoms with Gasteiger partial charge >= 0.3 is 0 Å². The Bertz CT molecular complexity index is 614. The molecule has 3 rings (SSSR count). The monoisotopic (exact) mass is 308 g/mol. The van der Waals surface area contributed by atoms with Crippen molar-refractivity contribution in [3.8, 4) is 0 Å². The lowest BCUT2D eigenvalue weighted by molar-refractivity contribution is 0.178. The van der Waals surface area contributed by atoms with Crippen LogP contribution in [0.15, 0.2) is 29.2 Å². The third kappa shape index (κ3) is 2.74. The summed E-state index contributed by atoms with van der Waals surface area (Å²) >= 11 is 0. The third-order valence-electron chi connectivity index (χ3n) is 4.94. The minimum absolute atomic E-state index is 0.493. The van der Waals surface area contributed by atoms with E-state index in [0.29, 0.717) is 29.8 Å². The molecule has 0 saturated carbocycles. The number of aryl methyl sites for hydroxylation is 1. The summed E-state index contributed by atoms with van der Waals surface area (Å²) in [5.41, 5.74) is 0.921. The number of sulfonamides is 1. The van der Waals surface area contributed by atoms with E-state index in [1.165, 1.54) is 0 Å². The molecule has 1 aromatic carbocycles. The fraction of sp³-hybridized carbons (Fsp3) is 0.625. The second-order valence-corrected chi connectivity index (χ2v) is 8.26. The van der Waals surface area contributed by atoms with Crippen LogP contribution >= 0.6 is 0 Å². The zero-order valence-electron chi connectivity index (χ0n) is 12.8. The van der Waals surface area contributed by atoms with E-state index in [-0.39, 0.29) is 0 Å². The smallest absolute Gasteiger partial charge is 0.243 e. The van der Waals surface area contributed by atoms with E-state index in [2.05, 4.69) is 11.9 Å². The van der Waals surface area contributed by atoms with Crippen molar-refractivity contribution in [1.29, 1.82) is 0 Å². The molecule has 4 nitrogen and oxygen atoms in total. The van der Waals surface area contributed by atoms with Crippen molar-refractivity contribution >= 4 is 10.0 Å². The van der Waals surface area contributed by atoms with Gasteiger partial charge in [0, 0.05) is 19.6 Å². The van der Waals surface area contributed by atoms with Gasteiger partial charge in [-0.25, -0.2) is 8.42 Å². The van der Waals surface area contributed by atoms with E-state index in [1.807, 2.05) is 25.1 Å². The average Bonchev–Trinajstić information content (AvgIpc) is 2.91. The fourth-order valence-corrected chi connectivity index (χ4v) is 5.54. The molecule has 2 atom stereocenters. The lowest BCUT2D eigenvalue weighted by Gasteiger charge is -2.31. The summed E-state index contributed by atoms with van der Waals surface area (Å²) in [5.74, 6) is 1.03. The highest BCUT2D eigenvalue weighted by Gasteiger charge is 2.41. The second-order valence-electron chi connectivity index (χ2n) is 6.35. The van der Waals surface area contributed by atoms with E-state index in [9.17, 15) is 8.42 Å². The molecule has 0 N–H and O–H groups in total. The third-order valence-corrected chi connectivity index (χ3v) is 6.87. The van der Waals surface area contributed by atoms with Crippen molar-refractivity contribution in [2.75, 3.05) is 33.2 Å². The Hall–Kier alpha value is -0.910. The molecule has 2 aliphatic rings. The lowest BCUT2D eigenvalue weighted by Crippen LogP contribution is -2.37. The van der Waals surface area contributed by atoms with Crippen LogP contribution in [0, 0.1) is 11.8 Å². The standard InChI is InChI=1S/C16H24N2O2S/c1-3-13-6-4-5-7-16(13)21(19,20)18-11-14-8-9-17(2)10-15(14)12-18/h4-7,14-15H,3,8-12H2,1-2H3/t14-,15+/m0/s1. The summed E-state index contributed by atoms with van der Waals surface area (Å²) < 4.78 is 27.6. The molecule has 2 aliphatic heterocycles. The minimum Gasteiger partial charge on any atom is -0.306 e. The van der Waals surface area contributed by atoms with Crippen LogP contribution < -0.4 is 0 Å². The van der Waals surface area contributed by atoms with E-state index >= 15 is 0 Å². The molecule has 0 amide bonds.